The van der Waals surface area contributed by atoms with E-state index in [1.54, 1.807) is 0 Å². The zero-order valence-corrected chi connectivity index (χ0v) is 34.9. The van der Waals surface area contributed by atoms with Crippen molar-refractivity contribution in [1.29, 1.82) is 0 Å². The van der Waals surface area contributed by atoms with Gasteiger partial charge in [-0.25, -0.2) is 0 Å². The first-order chi connectivity index (χ1) is 29.8. The molecule has 0 aliphatic carbocycles. The number of rotatable bonds is 7. The van der Waals surface area contributed by atoms with Crippen LogP contribution in [0.5, 0.6) is 0 Å². The van der Waals surface area contributed by atoms with Crippen LogP contribution in [0.15, 0.2) is 200 Å². The summed E-state index contributed by atoms with van der Waals surface area (Å²) in [5.74, 6) is 0. The minimum absolute atomic E-state index is 0.223. The molecule has 1 aromatic heterocycles. The molecular weight excluding hydrogens is 739 g/mol. The number of hydrogen-bond acceptors (Lipinski definition) is 2. The second-order valence-corrected chi connectivity index (χ2v) is 17.9. The topological polar surface area (TPSA) is 11.4 Å². The Bertz CT molecular complexity index is 3300. The van der Waals surface area contributed by atoms with E-state index in [1.165, 1.54) is 71.6 Å². The van der Waals surface area contributed by atoms with E-state index in [2.05, 4.69) is 242 Å². The number of para-hydroxylation sites is 4. The molecule has 3 heteroatoms. The molecule has 3 heterocycles. The van der Waals surface area contributed by atoms with Crippen LogP contribution in [-0.2, 0) is 10.8 Å². The highest BCUT2D eigenvalue weighted by Gasteiger charge is 2.44. The van der Waals surface area contributed by atoms with Gasteiger partial charge < -0.3 is 14.4 Å². The summed E-state index contributed by atoms with van der Waals surface area (Å²) < 4.78 is 2.63. The highest BCUT2D eigenvalue weighted by Crippen LogP contribution is 2.57. The molecule has 2 aliphatic rings. The number of aromatic nitrogens is 1. The number of benzene rings is 9. The lowest BCUT2D eigenvalue weighted by atomic mass is 9.68. The Balaban J connectivity index is 1.11. The van der Waals surface area contributed by atoms with Crippen LogP contribution in [0.25, 0.3) is 49.4 Å². The van der Waals surface area contributed by atoms with Crippen LogP contribution < -0.4 is 9.80 Å². The third kappa shape index (κ3) is 5.23. The van der Waals surface area contributed by atoms with Gasteiger partial charge in [0.25, 0.3) is 0 Å². The second kappa shape index (κ2) is 13.1. The Labute approximate surface area is 357 Å². The summed E-state index contributed by atoms with van der Waals surface area (Å²) in [6.07, 6.45) is 0. The fourth-order valence-electron chi connectivity index (χ4n) is 10.6. The predicted octanol–water partition coefficient (Wildman–Crippen LogP) is 15.8. The zero-order chi connectivity index (χ0) is 41.0. The Hall–Kier alpha value is -7.36. The molecule has 61 heavy (non-hydrogen) atoms. The minimum Gasteiger partial charge on any atom is -0.311 e. The number of hydrogen-bond donors (Lipinski definition) is 0. The molecule has 3 nitrogen and oxygen atoms in total. The van der Waals surface area contributed by atoms with Crippen molar-refractivity contribution in [3.8, 4) is 16.8 Å². The molecule has 0 radical (unpaired) electrons. The highest BCUT2D eigenvalue weighted by atomic mass is 15.1. The molecule has 292 valence electrons. The summed E-state index contributed by atoms with van der Waals surface area (Å²) in [7, 11) is 0. The van der Waals surface area contributed by atoms with Crippen molar-refractivity contribution in [2.75, 3.05) is 9.80 Å². The van der Waals surface area contributed by atoms with Crippen molar-refractivity contribution in [3.05, 3.63) is 222 Å². The van der Waals surface area contributed by atoms with Crippen LogP contribution in [0.2, 0.25) is 0 Å². The van der Waals surface area contributed by atoms with Crippen molar-refractivity contribution in [2.24, 2.45) is 0 Å². The molecule has 0 N–H and O–H groups in total. The Kier molecular flexibility index (Phi) is 7.62. The zero-order valence-electron chi connectivity index (χ0n) is 34.9. The van der Waals surface area contributed by atoms with E-state index < -0.39 is 0 Å². The summed E-state index contributed by atoms with van der Waals surface area (Å²) in [6, 6.07) is 73.7. The van der Waals surface area contributed by atoms with Crippen molar-refractivity contribution >= 4 is 66.7 Å². The fraction of sp³-hybridized carbons (Fsp3) is 0.103. The van der Waals surface area contributed by atoms with Gasteiger partial charge in [-0.1, -0.05) is 143 Å². The van der Waals surface area contributed by atoms with Gasteiger partial charge in [0.1, 0.15) is 0 Å². The first-order valence-corrected chi connectivity index (χ1v) is 21.4. The van der Waals surface area contributed by atoms with Crippen molar-refractivity contribution in [3.63, 3.8) is 0 Å². The van der Waals surface area contributed by atoms with Gasteiger partial charge in [-0.3, -0.25) is 0 Å². The summed E-state index contributed by atoms with van der Waals surface area (Å²) in [5, 5.41) is 5.05. The van der Waals surface area contributed by atoms with Gasteiger partial charge in [0.05, 0.1) is 16.7 Å². The molecule has 0 spiro atoms. The lowest BCUT2D eigenvalue weighted by molar-refractivity contribution is 0.594. The third-order valence-electron chi connectivity index (χ3n) is 13.6. The van der Waals surface area contributed by atoms with Crippen LogP contribution in [-0.4, -0.2) is 4.57 Å². The molecule has 0 saturated heterocycles. The van der Waals surface area contributed by atoms with Gasteiger partial charge in [0, 0.05) is 55.7 Å². The molecule has 12 rings (SSSR count). The van der Waals surface area contributed by atoms with Gasteiger partial charge in [0.2, 0.25) is 0 Å². The smallest absolute Gasteiger partial charge is 0.0583 e. The van der Waals surface area contributed by atoms with E-state index in [0.717, 1.165) is 34.1 Å². The lowest BCUT2D eigenvalue weighted by Gasteiger charge is -2.42. The van der Waals surface area contributed by atoms with Crippen LogP contribution in [0.1, 0.15) is 49.9 Å². The van der Waals surface area contributed by atoms with Crippen molar-refractivity contribution in [2.45, 2.75) is 38.5 Å². The minimum atomic E-state index is -0.245. The molecule has 10 aromatic rings. The summed E-state index contributed by atoms with van der Waals surface area (Å²) in [5.41, 5.74) is 18.3. The Morgan fingerprint density at radius 2 is 0.803 bits per heavy atom. The maximum absolute atomic E-state index is 2.63. The van der Waals surface area contributed by atoms with E-state index in [4.69, 9.17) is 0 Å². The fourth-order valence-corrected chi connectivity index (χ4v) is 10.6. The number of anilines is 6. The summed E-state index contributed by atoms with van der Waals surface area (Å²) in [6.45, 7) is 9.70. The molecule has 0 saturated carbocycles. The van der Waals surface area contributed by atoms with Gasteiger partial charge >= 0.3 is 0 Å². The van der Waals surface area contributed by atoms with E-state index in [9.17, 15) is 0 Å². The maximum atomic E-state index is 2.63. The molecule has 0 unspecified atom stereocenters. The molecule has 0 amide bonds. The predicted molar refractivity (Wildman–Crippen MR) is 257 cm³/mol. The van der Waals surface area contributed by atoms with E-state index in [-0.39, 0.29) is 10.8 Å². The van der Waals surface area contributed by atoms with Gasteiger partial charge in [0.15, 0.2) is 0 Å². The number of fused-ring (bicyclic) bond motifs is 2. The number of nitrogens with zero attached hydrogens (tertiary/aromatic N) is 3. The Morgan fingerprint density at radius 3 is 1.39 bits per heavy atom. The largest absolute Gasteiger partial charge is 0.311 e. The molecule has 0 bridgehead atoms. The molecular formula is C58H45N3. The molecule has 2 aliphatic heterocycles. The maximum Gasteiger partial charge on any atom is 0.0583 e. The van der Waals surface area contributed by atoms with E-state index in [1.807, 2.05) is 0 Å². The third-order valence-corrected chi connectivity index (χ3v) is 13.6. The summed E-state index contributed by atoms with van der Waals surface area (Å²) in [4.78, 5) is 4.78. The van der Waals surface area contributed by atoms with E-state index >= 15 is 0 Å². The highest BCUT2D eigenvalue weighted by molar-refractivity contribution is 6.16. The molecule has 0 atom stereocenters. The van der Waals surface area contributed by atoms with Crippen LogP contribution in [0.3, 0.4) is 0 Å². The quantitative estimate of drug-likeness (QED) is 0.159. The SMILES string of the molecule is CC1(C)c2cccc3c2-n2c4c1cc(-c1ccc(N(c5ccccc5)c5ccccc5)cc1)cc4c1cc(N(c4ccccc4)c4ccc5ccccc5c4)cc(c12)C3(C)C. The molecule has 9 aromatic carbocycles. The Morgan fingerprint density at radius 1 is 0.328 bits per heavy atom. The van der Waals surface area contributed by atoms with Crippen molar-refractivity contribution < 1.29 is 0 Å². The second-order valence-electron chi connectivity index (χ2n) is 17.9. The normalized spacial score (nSPS) is 14.2. The first-order valence-electron chi connectivity index (χ1n) is 21.4. The van der Waals surface area contributed by atoms with Crippen molar-refractivity contribution in [1.82, 2.24) is 4.57 Å². The van der Waals surface area contributed by atoms with Gasteiger partial charge in [-0.2, -0.15) is 0 Å². The standard InChI is InChI=1S/C58H45N3/c1-57(2)50-25-16-26-51-56(50)61-54-48(34-41(35-52(54)57)39-27-30-45(31-28-39)59(42-19-8-5-9-20-42)43-21-10-6-11-22-43)49-36-47(37-53(55(49)61)58(51,3)4)60(44-23-12-7-13-24-44)46-32-29-38-17-14-15-18-40(38)33-46/h5-37H,1-4H3. The average Bonchev–Trinajstić information content (AvgIpc) is 3.63. The van der Waals surface area contributed by atoms with Crippen LogP contribution in [0.4, 0.5) is 34.1 Å². The van der Waals surface area contributed by atoms with Crippen LogP contribution >= 0.6 is 0 Å². The molecule has 0 fully saturated rings. The monoisotopic (exact) mass is 783 g/mol. The van der Waals surface area contributed by atoms with E-state index in [0.29, 0.717) is 0 Å². The summed E-state index contributed by atoms with van der Waals surface area (Å²) >= 11 is 0. The average molecular weight is 784 g/mol. The first kappa shape index (κ1) is 35.6. The van der Waals surface area contributed by atoms with Gasteiger partial charge in [-0.05, 0) is 129 Å². The van der Waals surface area contributed by atoms with Gasteiger partial charge in [-0.15, -0.1) is 0 Å². The lowest BCUT2D eigenvalue weighted by Crippen LogP contribution is -2.33. The van der Waals surface area contributed by atoms with Crippen LogP contribution in [0, 0.1) is 0 Å².